The summed E-state index contributed by atoms with van der Waals surface area (Å²) in [6.45, 7) is -3.02. The van der Waals surface area contributed by atoms with E-state index in [2.05, 4.69) is 16.0 Å². The van der Waals surface area contributed by atoms with Crippen molar-refractivity contribution in [3.8, 4) is 0 Å². The van der Waals surface area contributed by atoms with Gasteiger partial charge in [-0.3, -0.25) is 24.0 Å². The Bertz CT molecular complexity index is 2790. The summed E-state index contributed by atoms with van der Waals surface area (Å²) in [6, 6.07) is 7.29. The third-order valence-electron chi connectivity index (χ3n) is 13.1. The van der Waals surface area contributed by atoms with Crippen molar-refractivity contribution in [1.29, 1.82) is 0 Å². The summed E-state index contributed by atoms with van der Waals surface area (Å²) in [5, 5.41) is 8.16. The SMILES string of the molecule is C[N+](C)(C)CCCCC(CC(=O)NCCCCCC(=O)ON1C(=O)CCC1=O)NC(=O)C(CS(=O)(=O)[O-])NC(=O)CCc1cc(CCCS(=O)(=O)[O-])c2n1[B-](F)(F)[N+]1=C(c3ccccc3)C=C(CCC[N+](C)(C)C)C1=C2. The Morgan fingerprint density at radius 1 is 0.776 bits per heavy atom. The lowest BCUT2D eigenvalue weighted by molar-refractivity contribution is -0.870. The number of halogens is 2. The van der Waals surface area contributed by atoms with Crippen molar-refractivity contribution in [3.05, 3.63) is 76.3 Å². The van der Waals surface area contributed by atoms with Crippen LogP contribution in [0.15, 0.2) is 53.7 Å². The van der Waals surface area contributed by atoms with Crippen LogP contribution in [0.5, 0.6) is 0 Å². The Morgan fingerprint density at radius 2 is 1.43 bits per heavy atom. The number of aromatic nitrogens is 1. The molecule has 76 heavy (non-hydrogen) atoms. The first-order valence-corrected chi connectivity index (χ1v) is 28.9. The molecular weight excluding hydrogens is 1030 g/mol. The summed E-state index contributed by atoms with van der Waals surface area (Å²) in [5.74, 6) is -6.52. The van der Waals surface area contributed by atoms with E-state index in [9.17, 15) is 54.7 Å². The van der Waals surface area contributed by atoms with Crippen LogP contribution >= 0.6 is 0 Å². The van der Waals surface area contributed by atoms with Gasteiger partial charge in [0.2, 0.25) is 17.7 Å². The largest absolute Gasteiger partial charge is 0.748 e. The lowest BCUT2D eigenvalue weighted by Crippen LogP contribution is -2.53. The minimum Gasteiger partial charge on any atom is -0.748 e. The highest BCUT2D eigenvalue weighted by atomic mass is 32.2. The predicted molar refractivity (Wildman–Crippen MR) is 276 cm³/mol. The van der Waals surface area contributed by atoms with E-state index < -0.39 is 92.7 Å². The number of nitrogens with one attached hydrogen (secondary N) is 3. The topological polar surface area (TPSA) is 273 Å². The number of imide groups is 1. The number of allylic oxidation sites excluding steroid dienone is 2. The molecule has 3 N–H and O–H groups in total. The molecule has 1 saturated heterocycles. The molecule has 420 valence electrons. The standard InChI is InChI=1S/C50H73BF2N8O13S2/c1-60(2,3)28-14-12-21-39(33-46(63)54-27-13-8-11-22-49(66)74-59-47(64)25-26-48(59)65)55-50(67)41(35-76(71,72)73)56-45(62)24-23-40-31-37(20-16-30-75(68,69)70)43-34-44-38(19-15-29-61(4,5)6)32-42(36-17-9-7-10-18-36)58(44)51(52,53)57(40)43/h7,9-10,17-18,31-32,34,39,41H,8,11-16,19-30,33,35H2,1-6H3,(H3-2,54,55,56,62,63,67,68,69,70,71,72,73). The van der Waals surface area contributed by atoms with Crippen LogP contribution in [-0.2, 0) is 66.7 Å². The van der Waals surface area contributed by atoms with E-state index in [1.54, 1.807) is 42.5 Å². The second-order valence-electron chi connectivity index (χ2n) is 21.8. The third kappa shape index (κ3) is 18.8. The van der Waals surface area contributed by atoms with Crippen LogP contribution in [0, 0.1) is 0 Å². The second kappa shape index (κ2) is 26.1. The van der Waals surface area contributed by atoms with E-state index in [0.717, 1.165) is 22.1 Å². The van der Waals surface area contributed by atoms with E-state index in [0.29, 0.717) is 75.7 Å². The number of rotatable bonds is 31. The third-order valence-corrected chi connectivity index (χ3v) is 14.6. The highest BCUT2D eigenvalue weighted by Crippen LogP contribution is 2.40. The van der Waals surface area contributed by atoms with Gasteiger partial charge in [0.15, 0.2) is 11.4 Å². The van der Waals surface area contributed by atoms with Crippen molar-refractivity contribution in [3.63, 3.8) is 0 Å². The van der Waals surface area contributed by atoms with Gasteiger partial charge >= 0.3 is 12.9 Å². The quantitative estimate of drug-likeness (QED) is 0.0322. The summed E-state index contributed by atoms with van der Waals surface area (Å²) in [5.41, 5.74) is 2.06. The maximum Gasteiger partial charge on any atom is 0.737 e. The van der Waals surface area contributed by atoms with E-state index in [-0.39, 0.29) is 80.7 Å². The summed E-state index contributed by atoms with van der Waals surface area (Å²) in [6.07, 6.45) is 5.66. The van der Waals surface area contributed by atoms with Gasteiger partial charge in [-0.05, 0) is 87.2 Å². The molecule has 1 aromatic heterocycles. The van der Waals surface area contributed by atoms with Gasteiger partial charge in [0.05, 0.1) is 81.4 Å². The van der Waals surface area contributed by atoms with Crippen molar-refractivity contribution in [2.45, 2.75) is 115 Å². The van der Waals surface area contributed by atoms with Crippen molar-refractivity contribution in [1.82, 2.24) is 25.5 Å². The van der Waals surface area contributed by atoms with Crippen LogP contribution in [0.2, 0.25) is 0 Å². The molecule has 2 atom stereocenters. The molecule has 0 spiro atoms. The molecule has 3 aliphatic heterocycles. The first kappa shape index (κ1) is 61.2. The second-order valence-corrected chi connectivity index (χ2v) is 24.7. The van der Waals surface area contributed by atoms with Gasteiger partial charge in [0, 0.05) is 85.8 Å². The highest BCUT2D eigenvalue weighted by molar-refractivity contribution is 7.86. The maximum absolute atomic E-state index is 17.6. The van der Waals surface area contributed by atoms with Gasteiger partial charge in [0.25, 0.3) is 11.8 Å². The van der Waals surface area contributed by atoms with Crippen LogP contribution in [0.25, 0.3) is 6.08 Å². The minimum absolute atomic E-state index is 0.0297. The van der Waals surface area contributed by atoms with Crippen LogP contribution in [0.3, 0.4) is 0 Å². The molecule has 26 heteroatoms. The molecule has 5 rings (SSSR count). The van der Waals surface area contributed by atoms with Crippen LogP contribution in [0.1, 0.15) is 112 Å². The zero-order valence-corrected chi connectivity index (χ0v) is 45.9. The van der Waals surface area contributed by atoms with Crippen LogP contribution in [-0.4, -0.2) is 183 Å². The molecule has 0 saturated carbocycles. The molecule has 5 amide bonds. The number of carbonyl (C=O) groups is 6. The van der Waals surface area contributed by atoms with Crippen LogP contribution in [0.4, 0.5) is 8.63 Å². The van der Waals surface area contributed by atoms with Crippen molar-refractivity contribution >= 4 is 74.5 Å². The zero-order chi connectivity index (χ0) is 56.2. The maximum atomic E-state index is 17.6. The Morgan fingerprint density at radius 3 is 2.07 bits per heavy atom. The summed E-state index contributed by atoms with van der Waals surface area (Å²) in [7, 11) is 2.26. The number of unbranched alkanes of at least 4 members (excludes halogenated alkanes) is 3. The molecule has 4 heterocycles. The smallest absolute Gasteiger partial charge is 0.737 e. The number of aryl methyl sites for hydroxylation is 2. The predicted octanol–water partition coefficient (Wildman–Crippen LogP) is 2.47. The molecule has 3 aliphatic rings. The first-order chi connectivity index (χ1) is 35.4. The molecule has 1 fully saturated rings. The normalized spacial score (nSPS) is 16.4. The number of nitrogens with zero attached hydrogens (tertiary/aromatic N) is 5. The Hall–Kier alpha value is -5.67. The number of quaternary nitrogens is 2. The Labute approximate surface area is 444 Å². The van der Waals surface area contributed by atoms with Crippen LogP contribution < -0.4 is 16.0 Å². The summed E-state index contributed by atoms with van der Waals surface area (Å²) >= 11 is 0. The van der Waals surface area contributed by atoms with Crippen molar-refractivity contribution in [2.75, 3.05) is 73.4 Å². The van der Waals surface area contributed by atoms with E-state index >= 15 is 8.63 Å². The van der Waals surface area contributed by atoms with Gasteiger partial charge in [-0.1, -0.05) is 24.6 Å². The van der Waals surface area contributed by atoms with Crippen molar-refractivity contribution in [2.24, 2.45) is 0 Å². The fraction of sp³-hybridized carbons (Fsp3) is 0.580. The Kier molecular flexibility index (Phi) is 21.0. The number of carbonyl (C=O) groups excluding carboxylic acids is 6. The fourth-order valence-corrected chi connectivity index (χ4v) is 10.6. The lowest BCUT2D eigenvalue weighted by Gasteiger charge is -2.32. The summed E-state index contributed by atoms with van der Waals surface area (Å²) in [4.78, 5) is 81.2. The number of fused-ring (bicyclic) bond motifs is 2. The summed E-state index contributed by atoms with van der Waals surface area (Å²) < 4.78 is 110. The van der Waals surface area contributed by atoms with Gasteiger partial charge in [-0.25, -0.2) is 21.6 Å². The molecule has 21 nitrogen and oxygen atoms in total. The number of hydrogen-bond acceptors (Lipinski definition) is 13. The monoisotopic (exact) mass is 1110 g/mol. The van der Waals surface area contributed by atoms with Crippen molar-refractivity contribution < 1.29 is 81.6 Å². The molecule has 1 aromatic carbocycles. The fourth-order valence-electron chi connectivity index (χ4n) is 9.42. The number of amides is 5. The van der Waals surface area contributed by atoms with Gasteiger partial charge < -0.3 is 56.5 Å². The van der Waals surface area contributed by atoms with Gasteiger partial charge in [0.1, 0.15) is 6.04 Å². The Balaban J connectivity index is 1.31. The highest BCUT2D eigenvalue weighted by Gasteiger charge is 2.54. The molecule has 2 unspecified atom stereocenters. The van der Waals surface area contributed by atoms with E-state index in [1.165, 1.54) is 6.07 Å². The molecule has 2 aromatic rings. The number of hydrogen-bond donors (Lipinski definition) is 3. The molecule has 0 aliphatic carbocycles. The zero-order valence-electron chi connectivity index (χ0n) is 44.3. The van der Waals surface area contributed by atoms with Gasteiger partial charge in [-0.2, -0.15) is 0 Å². The average Bonchev–Trinajstić information content (AvgIpc) is 3.96. The minimum atomic E-state index is -5.17. The molecule has 0 bridgehead atoms. The number of hydroxylamine groups is 2. The molecule has 0 radical (unpaired) electrons. The molecular formula is C50H73BF2N8O13S2. The van der Waals surface area contributed by atoms with Gasteiger partial charge in [-0.15, -0.1) is 5.06 Å². The first-order valence-electron chi connectivity index (χ1n) is 25.7. The lowest BCUT2D eigenvalue weighted by atomic mass is 9.88. The van der Waals surface area contributed by atoms with E-state index in [1.807, 2.05) is 42.3 Å². The average molecular weight is 1110 g/mol. The number of benzene rings is 1. The van der Waals surface area contributed by atoms with E-state index in [4.69, 9.17) is 4.84 Å².